The smallest absolute Gasteiger partial charge is 0.398 e. The van der Waals surface area contributed by atoms with E-state index in [4.69, 9.17) is 43.6 Å². The van der Waals surface area contributed by atoms with Crippen molar-refractivity contribution in [3.63, 3.8) is 0 Å². The highest BCUT2D eigenvalue weighted by atomic mass is 28.5. The summed E-state index contributed by atoms with van der Waals surface area (Å²) in [7, 11) is 1.98. The lowest BCUT2D eigenvalue weighted by Crippen LogP contribution is -2.55. The molecule has 0 N–H and O–H groups in total. The quantitative estimate of drug-likeness (QED) is 0.374. The topological polar surface area (TPSA) is 92.3 Å². The van der Waals surface area contributed by atoms with Crippen molar-refractivity contribution in [1.29, 1.82) is 0 Å². The van der Waals surface area contributed by atoms with Gasteiger partial charge < -0.3 is 43.6 Å². The average Bonchev–Trinajstić information content (AvgIpc) is 2.71. The van der Waals surface area contributed by atoms with E-state index in [9.17, 15) is 0 Å². The predicted molar refractivity (Wildman–Crippen MR) is 109 cm³/mol. The minimum absolute atomic E-state index is 0.814. The van der Waals surface area contributed by atoms with Gasteiger partial charge in [-0.3, -0.25) is 0 Å². The van der Waals surface area contributed by atoms with E-state index in [0.29, 0.717) is 0 Å². The van der Waals surface area contributed by atoms with E-state index in [1.807, 2.05) is 26.6 Å². The third-order valence-corrected chi connectivity index (χ3v) is 15.6. The maximum Gasteiger partial charge on any atom is 0.669 e. The highest BCUT2D eigenvalue weighted by Crippen LogP contribution is 2.20. The molecular formula is C13H38O10Si4. The van der Waals surface area contributed by atoms with Crippen LogP contribution in [0.25, 0.3) is 0 Å². The Morgan fingerprint density at radius 2 is 0.815 bits per heavy atom. The van der Waals surface area contributed by atoms with Gasteiger partial charge in [0.1, 0.15) is 0 Å². The summed E-state index contributed by atoms with van der Waals surface area (Å²) in [6.45, 7) is 7.75. The molecule has 14 heteroatoms. The van der Waals surface area contributed by atoms with Crippen molar-refractivity contribution >= 4 is 35.2 Å². The fourth-order valence-corrected chi connectivity index (χ4v) is 10.7. The summed E-state index contributed by atoms with van der Waals surface area (Å²) in [4.78, 5) is 0. The lowest BCUT2D eigenvalue weighted by atomic mass is 11.0. The molecule has 10 nitrogen and oxygen atoms in total. The zero-order valence-corrected chi connectivity index (χ0v) is 22.8. The average molecular weight is 467 g/mol. The van der Waals surface area contributed by atoms with Gasteiger partial charge in [0.05, 0.1) is 0 Å². The van der Waals surface area contributed by atoms with Crippen LogP contribution in [-0.4, -0.2) is 92.1 Å². The van der Waals surface area contributed by atoms with Crippen LogP contribution >= 0.6 is 0 Å². The van der Waals surface area contributed by atoms with Gasteiger partial charge in [0.2, 0.25) is 0 Å². The summed E-state index contributed by atoms with van der Waals surface area (Å²) < 4.78 is 52.7. The molecule has 0 saturated carbocycles. The second-order valence-electron chi connectivity index (χ2n) is 5.72. The molecule has 0 aliphatic carbocycles. The van der Waals surface area contributed by atoms with Gasteiger partial charge in [0.25, 0.3) is 0 Å². The molecule has 0 aromatic heterocycles. The fraction of sp³-hybridized carbons (Fsp3) is 1.00. The van der Waals surface area contributed by atoms with Gasteiger partial charge in [0.15, 0.2) is 0 Å². The molecule has 0 aliphatic rings. The molecule has 0 amide bonds. The Morgan fingerprint density at radius 3 is 1.04 bits per heavy atom. The first-order valence-electron chi connectivity index (χ1n) is 8.28. The van der Waals surface area contributed by atoms with Crippen LogP contribution in [-0.2, 0) is 43.6 Å². The molecule has 0 aromatic carbocycles. The van der Waals surface area contributed by atoms with Gasteiger partial charge in [-0.2, -0.15) is 0 Å². The minimum Gasteiger partial charge on any atom is -0.398 e. The van der Waals surface area contributed by atoms with Crippen LogP contribution in [0.1, 0.15) is 6.92 Å². The number of rotatable bonds is 13. The van der Waals surface area contributed by atoms with Crippen molar-refractivity contribution in [2.45, 2.75) is 32.6 Å². The second kappa shape index (κ2) is 13.6. The monoisotopic (exact) mass is 466 g/mol. The third-order valence-electron chi connectivity index (χ3n) is 3.78. The molecule has 0 fully saturated rings. The highest BCUT2D eigenvalue weighted by Gasteiger charge is 2.50. The van der Waals surface area contributed by atoms with Crippen LogP contribution < -0.4 is 0 Å². The SMILES string of the molecule is CC[Si](C)(OC)O[Si](OC)(OC)OC.CO[Si](C)(C)O[Si](OC)(OC)OC. The van der Waals surface area contributed by atoms with Crippen LogP contribution in [0.15, 0.2) is 0 Å². The summed E-state index contributed by atoms with van der Waals surface area (Å²) in [5.41, 5.74) is 0. The molecule has 0 aliphatic heterocycles. The maximum absolute atomic E-state index is 5.76. The van der Waals surface area contributed by atoms with E-state index < -0.39 is 35.2 Å². The molecule has 0 saturated heterocycles. The van der Waals surface area contributed by atoms with Crippen molar-refractivity contribution in [2.24, 2.45) is 0 Å². The van der Waals surface area contributed by atoms with E-state index >= 15 is 0 Å². The first kappa shape index (κ1) is 29.7. The number of hydrogen-bond donors (Lipinski definition) is 0. The zero-order chi connectivity index (χ0) is 21.8. The van der Waals surface area contributed by atoms with Crippen molar-refractivity contribution < 1.29 is 43.6 Å². The normalized spacial score (nSPS) is 15.1. The van der Waals surface area contributed by atoms with Crippen LogP contribution in [0.5, 0.6) is 0 Å². The van der Waals surface area contributed by atoms with E-state index in [1.54, 1.807) is 14.2 Å². The fourth-order valence-electron chi connectivity index (χ4n) is 1.62. The summed E-state index contributed by atoms with van der Waals surface area (Å²) >= 11 is 0. The Morgan fingerprint density at radius 1 is 0.481 bits per heavy atom. The molecule has 0 heterocycles. The Balaban J connectivity index is 0. The lowest BCUT2D eigenvalue weighted by Gasteiger charge is -2.32. The molecule has 166 valence electrons. The number of hydrogen-bond acceptors (Lipinski definition) is 10. The van der Waals surface area contributed by atoms with Crippen molar-refractivity contribution in [1.82, 2.24) is 0 Å². The van der Waals surface area contributed by atoms with Crippen molar-refractivity contribution in [3.05, 3.63) is 0 Å². The molecule has 0 bridgehead atoms. The summed E-state index contributed by atoms with van der Waals surface area (Å²) in [5.74, 6) is 0. The molecule has 1 unspecified atom stereocenters. The highest BCUT2D eigenvalue weighted by molar-refractivity contribution is 6.75. The molecular weight excluding hydrogens is 428 g/mol. The van der Waals surface area contributed by atoms with E-state index in [2.05, 4.69) is 0 Å². The van der Waals surface area contributed by atoms with Gasteiger partial charge in [0, 0.05) is 56.9 Å². The molecule has 27 heavy (non-hydrogen) atoms. The van der Waals surface area contributed by atoms with Crippen LogP contribution in [0.2, 0.25) is 25.7 Å². The Labute approximate surface area is 168 Å². The van der Waals surface area contributed by atoms with E-state index in [0.717, 1.165) is 6.04 Å². The predicted octanol–water partition coefficient (Wildman–Crippen LogP) is 1.84. The Bertz CT molecular complexity index is 360. The second-order valence-corrected chi connectivity index (χ2v) is 18.4. The van der Waals surface area contributed by atoms with Gasteiger partial charge >= 0.3 is 35.2 Å². The van der Waals surface area contributed by atoms with E-state index in [-0.39, 0.29) is 0 Å². The molecule has 1 atom stereocenters. The van der Waals surface area contributed by atoms with Gasteiger partial charge in [-0.05, 0) is 25.7 Å². The summed E-state index contributed by atoms with van der Waals surface area (Å²) in [6, 6.07) is 0.814. The Kier molecular flexibility index (Phi) is 15.0. The van der Waals surface area contributed by atoms with Crippen LogP contribution in [0.3, 0.4) is 0 Å². The lowest BCUT2D eigenvalue weighted by molar-refractivity contribution is 0.0363. The zero-order valence-electron chi connectivity index (χ0n) is 18.8. The van der Waals surface area contributed by atoms with Gasteiger partial charge in [-0.25, -0.2) is 0 Å². The Hall–Kier alpha value is 0.468. The minimum atomic E-state index is -2.96. The van der Waals surface area contributed by atoms with Crippen LogP contribution in [0, 0.1) is 0 Å². The first-order chi connectivity index (χ1) is 12.5. The molecule has 0 spiro atoms. The molecule has 0 radical (unpaired) electrons. The summed E-state index contributed by atoms with van der Waals surface area (Å²) in [5, 5.41) is 0. The molecule has 0 rings (SSSR count). The first-order valence-corrected chi connectivity index (χ1v) is 16.9. The largest absolute Gasteiger partial charge is 0.669 e. The summed E-state index contributed by atoms with van der Waals surface area (Å²) in [6.07, 6.45) is 0. The van der Waals surface area contributed by atoms with E-state index in [1.165, 1.54) is 42.7 Å². The van der Waals surface area contributed by atoms with Crippen LogP contribution in [0.4, 0.5) is 0 Å². The maximum atomic E-state index is 5.76. The molecule has 0 aromatic rings. The van der Waals surface area contributed by atoms with Crippen molar-refractivity contribution in [2.75, 3.05) is 56.9 Å². The standard InChI is InChI=1S/C7H20O5Si2.C6H18O5Si2/c1-7-13(6,8-2)12-14(9-3,10-4)11-5;1-7-12(5,6)11-13(8-2,9-3)10-4/h7H2,1-6H3;1-6H3. The van der Waals surface area contributed by atoms with Crippen molar-refractivity contribution in [3.8, 4) is 0 Å². The van der Waals surface area contributed by atoms with Gasteiger partial charge in [-0.15, -0.1) is 0 Å². The third kappa shape index (κ3) is 10.2. The van der Waals surface area contributed by atoms with Gasteiger partial charge in [-0.1, -0.05) is 6.92 Å².